The van der Waals surface area contributed by atoms with E-state index in [4.69, 9.17) is 5.73 Å². The van der Waals surface area contributed by atoms with Gasteiger partial charge in [-0.25, -0.2) is 4.39 Å². The molecule has 110 valence electrons. The summed E-state index contributed by atoms with van der Waals surface area (Å²) in [5, 5.41) is 10.9. The molecule has 1 amide bonds. The van der Waals surface area contributed by atoms with E-state index in [0.717, 1.165) is 18.9 Å². The summed E-state index contributed by atoms with van der Waals surface area (Å²) in [6.07, 6.45) is 1.45. The predicted molar refractivity (Wildman–Crippen MR) is 73.9 cm³/mol. The minimum absolute atomic E-state index is 0.0339. The Morgan fingerprint density at radius 3 is 2.45 bits per heavy atom. The average Bonchev–Trinajstić information content (AvgIpc) is 2.41. The van der Waals surface area contributed by atoms with E-state index in [2.05, 4.69) is 0 Å². The third-order valence-corrected chi connectivity index (χ3v) is 3.35. The lowest BCUT2D eigenvalue weighted by Gasteiger charge is -2.26. The third kappa shape index (κ3) is 3.04. The van der Waals surface area contributed by atoms with E-state index in [1.54, 1.807) is 7.05 Å². The van der Waals surface area contributed by atoms with Crippen LogP contribution in [0.5, 0.6) is 0 Å². The quantitative estimate of drug-likeness (QED) is 0.511. The fourth-order valence-corrected chi connectivity index (χ4v) is 2.09. The summed E-state index contributed by atoms with van der Waals surface area (Å²) in [5.41, 5.74) is 4.36. The molecule has 6 nitrogen and oxygen atoms in total. The van der Waals surface area contributed by atoms with Crippen LogP contribution in [-0.4, -0.2) is 28.8 Å². The van der Waals surface area contributed by atoms with Gasteiger partial charge in [0.15, 0.2) is 5.82 Å². The number of hydrogen-bond donors (Lipinski definition) is 1. The van der Waals surface area contributed by atoms with Crippen LogP contribution in [0.25, 0.3) is 0 Å². The van der Waals surface area contributed by atoms with E-state index in [0.29, 0.717) is 6.07 Å². The van der Waals surface area contributed by atoms with Gasteiger partial charge in [0, 0.05) is 13.1 Å². The van der Waals surface area contributed by atoms with Crippen LogP contribution < -0.4 is 5.73 Å². The summed E-state index contributed by atoms with van der Waals surface area (Å²) in [6, 6.07) is 1.67. The van der Waals surface area contributed by atoms with Gasteiger partial charge in [-0.05, 0) is 18.9 Å². The monoisotopic (exact) mass is 283 g/mol. The number of hydrogen-bond acceptors (Lipinski definition) is 4. The van der Waals surface area contributed by atoms with Crippen molar-refractivity contribution in [1.29, 1.82) is 0 Å². The maximum Gasteiger partial charge on any atom is 0.285 e. The van der Waals surface area contributed by atoms with Gasteiger partial charge in [0.2, 0.25) is 0 Å². The molecule has 20 heavy (non-hydrogen) atoms. The topological polar surface area (TPSA) is 89.5 Å². The number of nitrogens with two attached hydrogens (primary N) is 1. The molecule has 2 N–H and O–H groups in total. The first kappa shape index (κ1) is 15.9. The normalized spacial score (nSPS) is 10.7. The highest BCUT2D eigenvalue weighted by atomic mass is 19.1. The molecule has 0 bridgehead atoms. The lowest BCUT2D eigenvalue weighted by molar-refractivity contribution is -0.385. The van der Waals surface area contributed by atoms with Crippen LogP contribution >= 0.6 is 0 Å². The van der Waals surface area contributed by atoms with Gasteiger partial charge in [-0.2, -0.15) is 0 Å². The highest BCUT2D eigenvalue weighted by Gasteiger charge is 2.27. The molecule has 0 radical (unpaired) electrons. The zero-order valence-electron chi connectivity index (χ0n) is 11.7. The highest BCUT2D eigenvalue weighted by molar-refractivity contribution is 5.99. The summed E-state index contributed by atoms with van der Waals surface area (Å²) in [4.78, 5) is 23.9. The Balaban J connectivity index is 3.27. The molecule has 0 unspecified atom stereocenters. The Bertz CT molecular complexity index is 530. The first-order valence-electron chi connectivity index (χ1n) is 6.33. The van der Waals surface area contributed by atoms with Gasteiger partial charge in [-0.3, -0.25) is 14.9 Å². The second-order valence-corrected chi connectivity index (χ2v) is 4.53. The number of halogens is 1. The van der Waals surface area contributed by atoms with Gasteiger partial charge in [-0.15, -0.1) is 0 Å². The largest absolute Gasteiger partial charge is 0.396 e. The molecular formula is C13H18FN3O3. The van der Waals surface area contributed by atoms with Gasteiger partial charge in [-0.1, -0.05) is 13.8 Å². The zero-order valence-corrected chi connectivity index (χ0v) is 11.7. The lowest BCUT2D eigenvalue weighted by Crippen LogP contribution is -2.36. The molecule has 0 aliphatic rings. The summed E-state index contributed by atoms with van der Waals surface area (Å²) in [7, 11) is 1.57. The number of rotatable bonds is 5. The van der Waals surface area contributed by atoms with Crippen molar-refractivity contribution in [3.63, 3.8) is 0 Å². The molecule has 1 aromatic carbocycles. The number of carbonyl (C=O) groups is 1. The standard InChI is InChI=1S/C13H18FN3O3/c1-4-8(5-2)16(3)13(18)9-6-11(15)10(14)7-12(9)17(19)20/h6-8H,4-5,15H2,1-3H3. The molecule has 0 saturated heterocycles. The summed E-state index contributed by atoms with van der Waals surface area (Å²) in [6.45, 7) is 3.84. The van der Waals surface area contributed by atoms with Gasteiger partial charge < -0.3 is 10.6 Å². The van der Waals surface area contributed by atoms with E-state index in [9.17, 15) is 19.3 Å². The van der Waals surface area contributed by atoms with Crippen molar-refractivity contribution in [2.45, 2.75) is 32.7 Å². The van der Waals surface area contributed by atoms with E-state index < -0.39 is 22.3 Å². The second kappa shape index (κ2) is 6.31. The molecule has 0 aliphatic carbocycles. The maximum atomic E-state index is 13.3. The summed E-state index contributed by atoms with van der Waals surface area (Å²) < 4.78 is 13.3. The Morgan fingerprint density at radius 2 is 2.00 bits per heavy atom. The Kier molecular flexibility index (Phi) is 5.01. The first-order chi connectivity index (χ1) is 9.33. The van der Waals surface area contributed by atoms with Crippen LogP contribution in [-0.2, 0) is 0 Å². The van der Waals surface area contributed by atoms with Crippen LogP contribution in [0.4, 0.5) is 15.8 Å². The van der Waals surface area contributed by atoms with E-state index in [1.807, 2.05) is 13.8 Å². The van der Waals surface area contributed by atoms with Crippen LogP contribution in [0.3, 0.4) is 0 Å². The number of nitrogens with zero attached hydrogens (tertiary/aromatic N) is 2. The van der Waals surface area contributed by atoms with Crippen LogP contribution in [0.15, 0.2) is 12.1 Å². The molecule has 7 heteroatoms. The molecule has 0 heterocycles. The molecule has 0 aromatic heterocycles. The number of nitro benzene ring substituents is 1. The molecule has 0 atom stereocenters. The van der Waals surface area contributed by atoms with Crippen LogP contribution in [0.2, 0.25) is 0 Å². The highest BCUT2D eigenvalue weighted by Crippen LogP contribution is 2.26. The zero-order chi connectivity index (χ0) is 15.4. The number of nitro groups is 1. The fourth-order valence-electron chi connectivity index (χ4n) is 2.09. The molecule has 0 fully saturated rings. The number of amides is 1. The Labute approximate surface area is 116 Å². The molecule has 1 aromatic rings. The van der Waals surface area contributed by atoms with Crippen molar-refractivity contribution < 1.29 is 14.1 Å². The second-order valence-electron chi connectivity index (χ2n) is 4.53. The number of nitrogen functional groups attached to an aromatic ring is 1. The third-order valence-electron chi connectivity index (χ3n) is 3.35. The minimum Gasteiger partial charge on any atom is -0.396 e. The van der Waals surface area contributed by atoms with E-state index >= 15 is 0 Å². The first-order valence-corrected chi connectivity index (χ1v) is 6.33. The van der Waals surface area contributed by atoms with Crippen LogP contribution in [0.1, 0.15) is 37.0 Å². The molecule has 1 rings (SSSR count). The van der Waals surface area contributed by atoms with Crippen molar-refractivity contribution >= 4 is 17.3 Å². The van der Waals surface area contributed by atoms with Gasteiger partial charge in [0.1, 0.15) is 5.56 Å². The van der Waals surface area contributed by atoms with Crippen molar-refractivity contribution in [3.8, 4) is 0 Å². The lowest BCUT2D eigenvalue weighted by atomic mass is 10.1. The number of benzene rings is 1. The fraction of sp³-hybridized carbons (Fsp3) is 0.462. The summed E-state index contributed by atoms with van der Waals surface area (Å²) >= 11 is 0. The molecule has 0 saturated carbocycles. The molecule has 0 aliphatic heterocycles. The number of carbonyl (C=O) groups excluding carboxylic acids is 1. The van der Waals surface area contributed by atoms with Crippen molar-refractivity contribution in [2.75, 3.05) is 12.8 Å². The maximum absolute atomic E-state index is 13.3. The van der Waals surface area contributed by atoms with Gasteiger partial charge in [0.05, 0.1) is 16.7 Å². The minimum atomic E-state index is -0.904. The molecular weight excluding hydrogens is 265 g/mol. The Morgan fingerprint density at radius 1 is 1.45 bits per heavy atom. The van der Waals surface area contributed by atoms with Crippen molar-refractivity contribution in [3.05, 3.63) is 33.6 Å². The van der Waals surface area contributed by atoms with E-state index in [-0.39, 0.29) is 17.3 Å². The van der Waals surface area contributed by atoms with Crippen molar-refractivity contribution in [1.82, 2.24) is 4.90 Å². The number of anilines is 1. The smallest absolute Gasteiger partial charge is 0.285 e. The van der Waals surface area contributed by atoms with Crippen molar-refractivity contribution in [2.24, 2.45) is 0 Å². The summed E-state index contributed by atoms with van der Waals surface area (Å²) in [5.74, 6) is -1.43. The van der Waals surface area contributed by atoms with Gasteiger partial charge in [0.25, 0.3) is 11.6 Å². The SMILES string of the molecule is CCC(CC)N(C)C(=O)c1cc(N)c(F)cc1[N+](=O)[O-]. The average molecular weight is 283 g/mol. The molecule has 0 spiro atoms. The Hall–Kier alpha value is -2.18. The van der Waals surface area contributed by atoms with Crippen LogP contribution in [0, 0.1) is 15.9 Å². The predicted octanol–water partition coefficient (Wildman–Crippen LogP) is 2.58. The van der Waals surface area contributed by atoms with E-state index in [1.165, 1.54) is 4.90 Å². The van der Waals surface area contributed by atoms with Gasteiger partial charge >= 0.3 is 0 Å².